The summed E-state index contributed by atoms with van der Waals surface area (Å²) in [4.78, 5) is 38.9. The minimum atomic E-state index is -0.0192. The van der Waals surface area contributed by atoms with E-state index in [1.54, 1.807) is 17.7 Å². The largest absolute Gasteiger partial charge is 0.355 e. The van der Waals surface area contributed by atoms with Crippen molar-refractivity contribution in [3.05, 3.63) is 39.3 Å². The van der Waals surface area contributed by atoms with E-state index in [1.807, 2.05) is 13.8 Å². The van der Waals surface area contributed by atoms with Crippen LogP contribution in [0.15, 0.2) is 11.4 Å². The van der Waals surface area contributed by atoms with Crippen molar-refractivity contribution in [2.45, 2.75) is 45.1 Å². The van der Waals surface area contributed by atoms with Crippen LogP contribution in [0.2, 0.25) is 0 Å². The molecule has 0 aromatic carbocycles. The molecule has 134 valence electrons. The van der Waals surface area contributed by atoms with Gasteiger partial charge in [-0.15, -0.1) is 11.3 Å². The van der Waals surface area contributed by atoms with Crippen LogP contribution in [-0.4, -0.2) is 32.3 Å². The predicted molar refractivity (Wildman–Crippen MR) is 105 cm³/mol. The van der Waals surface area contributed by atoms with E-state index in [0.29, 0.717) is 11.3 Å². The van der Waals surface area contributed by atoms with Crippen molar-refractivity contribution >= 4 is 44.9 Å². The van der Waals surface area contributed by atoms with E-state index < -0.39 is 0 Å². The number of carbonyl (C=O) groups excluding carboxylic acids is 2. The van der Waals surface area contributed by atoms with Gasteiger partial charge in [0, 0.05) is 21.5 Å². The fourth-order valence-corrected chi connectivity index (χ4v) is 5.96. The summed E-state index contributed by atoms with van der Waals surface area (Å²) in [5.74, 6) is 0.255. The number of rotatable bonds is 5. The molecule has 4 rings (SSSR count). The van der Waals surface area contributed by atoms with Gasteiger partial charge in [0.15, 0.2) is 11.6 Å². The van der Waals surface area contributed by atoms with Crippen molar-refractivity contribution in [1.29, 1.82) is 0 Å². The first-order chi connectivity index (χ1) is 12.5. The van der Waals surface area contributed by atoms with Gasteiger partial charge in [0.1, 0.15) is 16.2 Å². The molecule has 7 heteroatoms. The van der Waals surface area contributed by atoms with Crippen LogP contribution in [0.3, 0.4) is 0 Å². The molecule has 0 unspecified atom stereocenters. The predicted octanol–water partition coefficient (Wildman–Crippen LogP) is 4.30. The first kappa shape index (κ1) is 17.4. The SMILES string of the molecule is CC(=O)c1c(C)[nH]c(C(=O)CSc2ncnc3sc4c(c23)CCC4)c1C. The van der Waals surface area contributed by atoms with Gasteiger partial charge in [-0.3, -0.25) is 9.59 Å². The quantitative estimate of drug-likeness (QED) is 0.402. The van der Waals surface area contributed by atoms with Crippen molar-refractivity contribution < 1.29 is 9.59 Å². The third-order valence-electron chi connectivity index (χ3n) is 4.87. The highest BCUT2D eigenvalue weighted by Gasteiger charge is 2.23. The van der Waals surface area contributed by atoms with Gasteiger partial charge in [-0.25, -0.2) is 9.97 Å². The fraction of sp³-hybridized carbons (Fsp3) is 0.368. The monoisotopic (exact) mass is 385 g/mol. The summed E-state index contributed by atoms with van der Waals surface area (Å²) >= 11 is 3.21. The lowest BCUT2D eigenvalue weighted by atomic mass is 10.1. The van der Waals surface area contributed by atoms with Crippen LogP contribution >= 0.6 is 23.1 Å². The number of hydrogen-bond acceptors (Lipinski definition) is 6. The number of H-pyrrole nitrogens is 1. The van der Waals surface area contributed by atoms with Gasteiger partial charge in [0.2, 0.25) is 0 Å². The first-order valence-electron chi connectivity index (χ1n) is 8.58. The molecule has 1 aliphatic carbocycles. The molecule has 0 saturated heterocycles. The molecule has 3 heterocycles. The van der Waals surface area contributed by atoms with E-state index in [1.165, 1.54) is 35.5 Å². The van der Waals surface area contributed by atoms with Gasteiger partial charge in [0.05, 0.1) is 11.4 Å². The Balaban J connectivity index is 1.60. The summed E-state index contributed by atoms with van der Waals surface area (Å²) in [6.45, 7) is 5.18. The van der Waals surface area contributed by atoms with Crippen molar-refractivity contribution in [1.82, 2.24) is 15.0 Å². The molecule has 3 aromatic rings. The minimum absolute atomic E-state index is 0.0123. The van der Waals surface area contributed by atoms with Crippen molar-refractivity contribution in [2.75, 3.05) is 5.75 Å². The second-order valence-electron chi connectivity index (χ2n) is 6.61. The van der Waals surface area contributed by atoms with Crippen LogP contribution in [0.1, 0.15) is 55.9 Å². The van der Waals surface area contributed by atoms with Crippen LogP contribution in [0, 0.1) is 13.8 Å². The Morgan fingerprint density at radius 2 is 2.08 bits per heavy atom. The topological polar surface area (TPSA) is 75.7 Å². The summed E-state index contributed by atoms with van der Waals surface area (Å²) in [6, 6.07) is 0. The maximum absolute atomic E-state index is 12.7. The van der Waals surface area contributed by atoms with E-state index in [4.69, 9.17) is 0 Å². The molecule has 0 spiro atoms. The second-order valence-corrected chi connectivity index (χ2v) is 8.66. The van der Waals surface area contributed by atoms with Gasteiger partial charge in [-0.2, -0.15) is 0 Å². The molecule has 0 atom stereocenters. The van der Waals surface area contributed by atoms with Gasteiger partial charge in [-0.1, -0.05) is 11.8 Å². The van der Waals surface area contributed by atoms with Crippen LogP contribution in [0.5, 0.6) is 0 Å². The molecular weight excluding hydrogens is 366 g/mol. The Morgan fingerprint density at radius 3 is 2.81 bits per heavy atom. The number of aryl methyl sites for hydroxylation is 3. The Hall–Kier alpha value is -1.99. The number of ketones is 2. The lowest BCUT2D eigenvalue weighted by Crippen LogP contribution is -2.06. The maximum atomic E-state index is 12.7. The van der Waals surface area contributed by atoms with Crippen LogP contribution < -0.4 is 0 Å². The minimum Gasteiger partial charge on any atom is -0.355 e. The standard InChI is InChI=1S/C19H19N3O2S2/c1-9-15(11(3)23)10(2)22-17(9)13(24)7-25-18-16-12-5-4-6-14(12)26-19(16)21-8-20-18/h8,22H,4-7H2,1-3H3. The van der Waals surface area contributed by atoms with Crippen LogP contribution in [0.25, 0.3) is 10.2 Å². The molecule has 0 radical (unpaired) electrons. The van der Waals surface area contributed by atoms with Gasteiger partial charge >= 0.3 is 0 Å². The highest BCUT2D eigenvalue weighted by atomic mass is 32.2. The summed E-state index contributed by atoms with van der Waals surface area (Å²) < 4.78 is 0. The summed E-state index contributed by atoms with van der Waals surface area (Å²) in [5.41, 5.74) is 4.01. The van der Waals surface area contributed by atoms with E-state index in [9.17, 15) is 9.59 Å². The van der Waals surface area contributed by atoms with E-state index >= 15 is 0 Å². The molecule has 0 bridgehead atoms. The summed E-state index contributed by atoms with van der Waals surface area (Å²) in [6.07, 6.45) is 4.96. The van der Waals surface area contributed by atoms with Gasteiger partial charge < -0.3 is 4.98 Å². The third-order valence-corrected chi connectivity index (χ3v) is 7.06. The number of carbonyl (C=O) groups is 2. The zero-order chi connectivity index (χ0) is 18.4. The molecule has 26 heavy (non-hydrogen) atoms. The molecule has 0 aliphatic heterocycles. The van der Waals surface area contributed by atoms with E-state index in [-0.39, 0.29) is 17.3 Å². The van der Waals surface area contributed by atoms with Gasteiger partial charge in [0.25, 0.3) is 0 Å². The smallest absolute Gasteiger partial charge is 0.189 e. The molecule has 5 nitrogen and oxygen atoms in total. The number of nitrogens with zero attached hydrogens (tertiary/aromatic N) is 2. The number of thioether (sulfide) groups is 1. The molecule has 3 aromatic heterocycles. The molecular formula is C19H19N3O2S2. The number of fused-ring (bicyclic) bond motifs is 3. The number of nitrogens with one attached hydrogen (secondary N) is 1. The number of aromatic nitrogens is 3. The summed E-state index contributed by atoms with van der Waals surface area (Å²) in [7, 11) is 0. The van der Waals surface area contributed by atoms with Crippen LogP contribution in [-0.2, 0) is 12.8 Å². The number of thiophene rings is 1. The lowest BCUT2D eigenvalue weighted by Gasteiger charge is -2.04. The Morgan fingerprint density at radius 1 is 1.27 bits per heavy atom. The molecule has 1 aliphatic rings. The Labute approximate surface area is 159 Å². The molecule has 0 fully saturated rings. The highest BCUT2D eigenvalue weighted by Crippen LogP contribution is 2.40. The normalized spacial score (nSPS) is 13.3. The highest BCUT2D eigenvalue weighted by molar-refractivity contribution is 8.00. The molecule has 1 N–H and O–H groups in total. The lowest BCUT2D eigenvalue weighted by molar-refractivity contribution is 0.101. The summed E-state index contributed by atoms with van der Waals surface area (Å²) in [5, 5.41) is 2.02. The Kier molecular flexibility index (Phi) is 4.44. The zero-order valence-corrected chi connectivity index (χ0v) is 16.6. The number of aromatic amines is 1. The van der Waals surface area contributed by atoms with Gasteiger partial charge in [-0.05, 0) is 51.2 Å². The first-order valence-corrected chi connectivity index (χ1v) is 10.4. The van der Waals surface area contributed by atoms with E-state index in [2.05, 4.69) is 15.0 Å². The maximum Gasteiger partial charge on any atom is 0.189 e. The average Bonchev–Trinajstić information content (AvgIpc) is 3.25. The Bertz CT molecular complexity index is 1050. The van der Waals surface area contributed by atoms with E-state index in [0.717, 1.165) is 39.3 Å². The molecule has 0 amide bonds. The van der Waals surface area contributed by atoms with Crippen molar-refractivity contribution in [3.63, 3.8) is 0 Å². The second kappa shape index (κ2) is 6.63. The number of Topliss-reactive ketones (excluding diaryl/α,β-unsaturated/α-hetero) is 2. The average molecular weight is 386 g/mol. The zero-order valence-electron chi connectivity index (χ0n) is 14.9. The third kappa shape index (κ3) is 2.79. The fourth-order valence-electron chi connectivity index (χ4n) is 3.77. The van der Waals surface area contributed by atoms with Crippen molar-refractivity contribution in [2.24, 2.45) is 0 Å². The number of hydrogen-bond donors (Lipinski definition) is 1. The van der Waals surface area contributed by atoms with Crippen molar-refractivity contribution in [3.8, 4) is 0 Å². The van der Waals surface area contributed by atoms with Crippen LogP contribution in [0.4, 0.5) is 0 Å². The molecule has 0 saturated carbocycles.